The Hall–Kier alpha value is -2.15. The number of anilines is 1. The van der Waals surface area contributed by atoms with Crippen molar-refractivity contribution in [2.24, 2.45) is 0 Å². The molecule has 1 N–H and O–H groups in total. The van der Waals surface area contributed by atoms with E-state index in [1.165, 1.54) is 5.56 Å². The minimum Gasteiger partial charge on any atom is -0.350 e. The van der Waals surface area contributed by atoms with E-state index in [0.29, 0.717) is 0 Å². The zero-order valence-corrected chi connectivity index (χ0v) is 13.8. The van der Waals surface area contributed by atoms with Crippen LogP contribution in [-0.4, -0.2) is 40.5 Å². The van der Waals surface area contributed by atoms with E-state index in [1.54, 1.807) is 0 Å². The normalized spacial score (nSPS) is 18.9. The Labute approximate surface area is 145 Å². The van der Waals surface area contributed by atoms with Gasteiger partial charge < -0.3 is 10.2 Å². The highest BCUT2D eigenvalue weighted by molar-refractivity contribution is 5.28. The highest BCUT2D eigenvalue weighted by Gasteiger charge is 2.33. The Balaban J connectivity index is 1.55. The van der Waals surface area contributed by atoms with Gasteiger partial charge in [0, 0.05) is 25.3 Å². The molecule has 4 nitrogen and oxygen atoms in total. The quantitative estimate of drug-likeness (QED) is 0.894. The SMILES string of the molecule is FC(F)(F)c1ccnc(NC2CCCN(CCc3ccccc3)C2)n1. The second kappa shape index (κ2) is 7.82. The number of benzene rings is 1. The Bertz CT molecular complexity index is 676. The van der Waals surface area contributed by atoms with Crippen molar-refractivity contribution in [2.75, 3.05) is 25.0 Å². The van der Waals surface area contributed by atoms with Crippen molar-refractivity contribution in [3.8, 4) is 0 Å². The van der Waals surface area contributed by atoms with Gasteiger partial charge in [-0.3, -0.25) is 0 Å². The molecular formula is C18H21F3N4. The number of hydrogen-bond acceptors (Lipinski definition) is 4. The number of alkyl halides is 3. The molecule has 1 aromatic carbocycles. The van der Waals surface area contributed by atoms with Crippen molar-refractivity contribution in [2.45, 2.75) is 31.5 Å². The van der Waals surface area contributed by atoms with Gasteiger partial charge in [0.2, 0.25) is 5.95 Å². The van der Waals surface area contributed by atoms with Crippen molar-refractivity contribution in [1.82, 2.24) is 14.9 Å². The molecule has 0 amide bonds. The van der Waals surface area contributed by atoms with Gasteiger partial charge in [-0.2, -0.15) is 13.2 Å². The van der Waals surface area contributed by atoms with Gasteiger partial charge in [-0.1, -0.05) is 30.3 Å². The zero-order chi connectivity index (χ0) is 17.7. The monoisotopic (exact) mass is 350 g/mol. The van der Waals surface area contributed by atoms with Gasteiger partial charge in [0.25, 0.3) is 0 Å². The summed E-state index contributed by atoms with van der Waals surface area (Å²) in [5.41, 5.74) is 0.375. The predicted molar refractivity (Wildman–Crippen MR) is 90.3 cm³/mol. The van der Waals surface area contributed by atoms with Crippen molar-refractivity contribution in [1.29, 1.82) is 0 Å². The van der Waals surface area contributed by atoms with Crippen LogP contribution in [0.1, 0.15) is 24.1 Å². The number of likely N-dealkylation sites (tertiary alicyclic amines) is 1. The van der Waals surface area contributed by atoms with Crippen LogP contribution >= 0.6 is 0 Å². The third kappa shape index (κ3) is 5.16. The molecule has 25 heavy (non-hydrogen) atoms. The van der Waals surface area contributed by atoms with Crippen LogP contribution in [0, 0.1) is 0 Å². The van der Waals surface area contributed by atoms with Crippen molar-refractivity contribution < 1.29 is 13.2 Å². The molecular weight excluding hydrogens is 329 g/mol. The van der Waals surface area contributed by atoms with Crippen LogP contribution in [0.25, 0.3) is 0 Å². The summed E-state index contributed by atoms with van der Waals surface area (Å²) in [4.78, 5) is 9.85. The number of nitrogens with zero attached hydrogens (tertiary/aromatic N) is 3. The minimum atomic E-state index is -4.45. The molecule has 1 aliphatic rings. The fourth-order valence-corrected chi connectivity index (χ4v) is 3.08. The molecule has 1 aromatic heterocycles. The lowest BCUT2D eigenvalue weighted by atomic mass is 10.0. The number of nitrogens with one attached hydrogen (secondary N) is 1. The van der Waals surface area contributed by atoms with E-state index in [2.05, 4.69) is 32.3 Å². The second-order valence-electron chi connectivity index (χ2n) is 6.28. The second-order valence-corrected chi connectivity index (χ2v) is 6.28. The van der Waals surface area contributed by atoms with Crippen LogP contribution in [0.15, 0.2) is 42.6 Å². The van der Waals surface area contributed by atoms with E-state index < -0.39 is 11.9 Å². The van der Waals surface area contributed by atoms with Crippen LogP contribution < -0.4 is 5.32 Å². The Kier molecular flexibility index (Phi) is 5.53. The summed E-state index contributed by atoms with van der Waals surface area (Å²) >= 11 is 0. The van der Waals surface area contributed by atoms with E-state index in [4.69, 9.17) is 0 Å². The molecule has 1 saturated heterocycles. The number of halogens is 3. The maximum atomic E-state index is 12.7. The molecule has 134 valence electrons. The number of rotatable bonds is 5. The van der Waals surface area contributed by atoms with Gasteiger partial charge in [0.1, 0.15) is 5.69 Å². The fourth-order valence-electron chi connectivity index (χ4n) is 3.08. The lowest BCUT2D eigenvalue weighted by Crippen LogP contribution is -2.43. The summed E-state index contributed by atoms with van der Waals surface area (Å²) in [6, 6.07) is 11.2. The molecule has 0 spiro atoms. The third-order valence-electron chi connectivity index (χ3n) is 4.34. The lowest BCUT2D eigenvalue weighted by molar-refractivity contribution is -0.141. The summed E-state index contributed by atoms with van der Waals surface area (Å²) in [7, 11) is 0. The van der Waals surface area contributed by atoms with E-state index >= 15 is 0 Å². The topological polar surface area (TPSA) is 41.1 Å². The molecule has 1 unspecified atom stereocenters. The first-order chi connectivity index (χ1) is 12.0. The molecule has 0 saturated carbocycles. The molecule has 0 bridgehead atoms. The summed E-state index contributed by atoms with van der Waals surface area (Å²) in [6.45, 7) is 2.73. The highest BCUT2D eigenvalue weighted by atomic mass is 19.4. The number of aromatic nitrogens is 2. The Morgan fingerprint density at radius 2 is 1.96 bits per heavy atom. The highest BCUT2D eigenvalue weighted by Crippen LogP contribution is 2.27. The fraction of sp³-hybridized carbons (Fsp3) is 0.444. The van der Waals surface area contributed by atoms with Crippen molar-refractivity contribution in [3.63, 3.8) is 0 Å². The molecule has 0 radical (unpaired) electrons. The standard InChI is InChI=1S/C18H21F3N4/c19-18(20,21)16-8-10-22-17(24-16)23-15-7-4-11-25(13-15)12-9-14-5-2-1-3-6-14/h1-3,5-6,8,10,15H,4,7,9,11-13H2,(H,22,23,24). The number of piperidine rings is 1. The zero-order valence-electron chi connectivity index (χ0n) is 13.8. The van der Waals surface area contributed by atoms with Gasteiger partial charge >= 0.3 is 6.18 Å². The van der Waals surface area contributed by atoms with E-state index in [0.717, 1.165) is 51.2 Å². The first-order valence-corrected chi connectivity index (χ1v) is 8.44. The van der Waals surface area contributed by atoms with Gasteiger partial charge in [0.05, 0.1) is 0 Å². The number of hydrogen-bond donors (Lipinski definition) is 1. The molecule has 2 aromatic rings. The average Bonchev–Trinajstić information content (AvgIpc) is 2.61. The van der Waals surface area contributed by atoms with E-state index in [9.17, 15) is 13.2 Å². The Morgan fingerprint density at radius 3 is 2.72 bits per heavy atom. The molecule has 1 atom stereocenters. The predicted octanol–water partition coefficient (Wildman–Crippen LogP) is 3.61. The first kappa shape index (κ1) is 17.7. The lowest BCUT2D eigenvalue weighted by Gasteiger charge is -2.33. The van der Waals surface area contributed by atoms with Gasteiger partial charge in [-0.15, -0.1) is 0 Å². The van der Waals surface area contributed by atoms with Crippen LogP contribution in [0.2, 0.25) is 0 Å². The first-order valence-electron chi connectivity index (χ1n) is 8.44. The Morgan fingerprint density at radius 1 is 1.16 bits per heavy atom. The van der Waals surface area contributed by atoms with Crippen LogP contribution in [0.3, 0.4) is 0 Å². The van der Waals surface area contributed by atoms with Crippen molar-refractivity contribution >= 4 is 5.95 Å². The molecule has 2 heterocycles. The maximum absolute atomic E-state index is 12.7. The minimum absolute atomic E-state index is 0.0461. The van der Waals surface area contributed by atoms with E-state index in [-0.39, 0.29) is 12.0 Å². The molecule has 0 aliphatic carbocycles. The largest absolute Gasteiger partial charge is 0.433 e. The third-order valence-corrected chi connectivity index (χ3v) is 4.34. The summed E-state index contributed by atoms with van der Waals surface area (Å²) < 4.78 is 38.2. The summed E-state index contributed by atoms with van der Waals surface area (Å²) in [5, 5.41) is 3.06. The van der Waals surface area contributed by atoms with Crippen molar-refractivity contribution in [3.05, 3.63) is 53.9 Å². The molecule has 3 rings (SSSR count). The molecule has 1 fully saturated rings. The van der Waals surface area contributed by atoms with Gasteiger partial charge in [0.15, 0.2) is 0 Å². The molecule has 7 heteroatoms. The van der Waals surface area contributed by atoms with Crippen LogP contribution in [-0.2, 0) is 12.6 Å². The summed E-state index contributed by atoms with van der Waals surface area (Å²) in [6.07, 6.45) is -0.428. The average molecular weight is 350 g/mol. The maximum Gasteiger partial charge on any atom is 0.433 e. The van der Waals surface area contributed by atoms with Crippen LogP contribution in [0.4, 0.5) is 19.1 Å². The molecule has 1 aliphatic heterocycles. The van der Waals surface area contributed by atoms with E-state index in [1.807, 2.05) is 18.2 Å². The smallest absolute Gasteiger partial charge is 0.350 e. The van der Waals surface area contributed by atoms with Crippen LogP contribution in [0.5, 0.6) is 0 Å². The van der Waals surface area contributed by atoms with Gasteiger partial charge in [-0.05, 0) is 37.4 Å². The van der Waals surface area contributed by atoms with Gasteiger partial charge in [-0.25, -0.2) is 9.97 Å². The summed E-state index contributed by atoms with van der Waals surface area (Å²) in [5.74, 6) is 0.0461.